The van der Waals surface area contributed by atoms with Gasteiger partial charge in [0.15, 0.2) is 0 Å². The smallest absolute Gasteiger partial charge is 0.0791 e. The van der Waals surface area contributed by atoms with Crippen molar-refractivity contribution in [3.8, 4) is 0 Å². The van der Waals surface area contributed by atoms with E-state index < -0.39 is 0 Å². The predicted molar refractivity (Wildman–Crippen MR) is 64.0 cm³/mol. The van der Waals surface area contributed by atoms with Gasteiger partial charge in [0.05, 0.1) is 6.10 Å². The number of aliphatic hydroxyl groups is 1. The van der Waals surface area contributed by atoms with E-state index in [2.05, 4.69) is 12.2 Å². The molecule has 1 aliphatic rings. The third-order valence-electron chi connectivity index (χ3n) is 2.98. The van der Waals surface area contributed by atoms with Crippen LogP contribution in [0, 0.1) is 5.92 Å². The minimum Gasteiger partial charge on any atom is -0.390 e. The fourth-order valence-corrected chi connectivity index (χ4v) is 2.09. The molecule has 1 rings (SSSR count). The van der Waals surface area contributed by atoms with Crippen molar-refractivity contribution in [1.82, 2.24) is 10.2 Å². The van der Waals surface area contributed by atoms with Gasteiger partial charge in [0.25, 0.3) is 0 Å². The van der Waals surface area contributed by atoms with Crippen molar-refractivity contribution in [2.75, 3.05) is 27.2 Å². The van der Waals surface area contributed by atoms with Gasteiger partial charge in [-0.3, -0.25) is 0 Å². The van der Waals surface area contributed by atoms with Gasteiger partial charge in [-0.25, -0.2) is 0 Å². The van der Waals surface area contributed by atoms with Gasteiger partial charge in [-0.1, -0.05) is 13.3 Å². The molecule has 3 heteroatoms. The number of likely N-dealkylation sites (N-methyl/N-ethyl adjacent to an activating group) is 1. The third-order valence-corrected chi connectivity index (χ3v) is 2.98. The molecule has 0 saturated heterocycles. The first-order valence-corrected chi connectivity index (χ1v) is 6.19. The molecule has 0 aromatic rings. The Morgan fingerprint density at radius 2 is 2.07 bits per heavy atom. The van der Waals surface area contributed by atoms with Gasteiger partial charge in [0, 0.05) is 19.1 Å². The maximum Gasteiger partial charge on any atom is 0.0791 e. The van der Waals surface area contributed by atoms with Crippen molar-refractivity contribution < 1.29 is 5.11 Å². The zero-order chi connectivity index (χ0) is 11.3. The molecule has 1 fully saturated rings. The average molecular weight is 214 g/mol. The molecule has 0 heterocycles. The van der Waals surface area contributed by atoms with Gasteiger partial charge in [0.2, 0.25) is 0 Å². The normalized spacial score (nSPS) is 20.6. The summed E-state index contributed by atoms with van der Waals surface area (Å²) in [5, 5.41) is 13.2. The molecule has 1 aliphatic carbocycles. The maximum absolute atomic E-state index is 9.73. The second kappa shape index (κ2) is 6.46. The SMILES string of the molecule is CCCC(NCC(O)CN(C)C)C1CC1. The molecule has 0 radical (unpaired) electrons. The van der Waals surface area contributed by atoms with Crippen LogP contribution in [-0.2, 0) is 0 Å². The van der Waals surface area contributed by atoms with E-state index in [1.165, 1.54) is 25.7 Å². The van der Waals surface area contributed by atoms with Gasteiger partial charge in [-0.15, -0.1) is 0 Å². The summed E-state index contributed by atoms with van der Waals surface area (Å²) in [7, 11) is 3.99. The molecule has 0 aromatic carbocycles. The molecule has 3 nitrogen and oxygen atoms in total. The monoisotopic (exact) mass is 214 g/mol. The predicted octanol–water partition coefficient (Wildman–Crippen LogP) is 1.08. The molecular weight excluding hydrogens is 188 g/mol. The zero-order valence-electron chi connectivity index (χ0n) is 10.4. The lowest BCUT2D eigenvalue weighted by Crippen LogP contribution is -2.40. The van der Waals surface area contributed by atoms with Gasteiger partial charge in [-0.05, 0) is 39.3 Å². The van der Waals surface area contributed by atoms with E-state index in [9.17, 15) is 5.11 Å². The molecule has 15 heavy (non-hydrogen) atoms. The summed E-state index contributed by atoms with van der Waals surface area (Å²) in [6.45, 7) is 3.71. The number of nitrogens with one attached hydrogen (secondary N) is 1. The molecule has 0 bridgehead atoms. The van der Waals surface area contributed by atoms with Crippen molar-refractivity contribution in [2.45, 2.75) is 44.8 Å². The molecular formula is C12H26N2O. The molecule has 2 N–H and O–H groups in total. The van der Waals surface area contributed by atoms with Crippen molar-refractivity contribution >= 4 is 0 Å². The summed E-state index contributed by atoms with van der Waals surface area (Å²) in [6, 6.07) is 0.645. The van der Waals surface area contributed by atoms with Crippen LogP contribution in [0.3, 0.4) is 0 Å². The second-order valence-electron chi connectivity index (χ2n) is 5.06. The number of nitrogens with zero attached hydrogens (tertiary/aromatic N) is 1. The standard InChI is InChI=1S/C12H26N2O/c1-4-5-12(10-6-7-10)13-8-11(15)9-14(2)3/h10-13,15H,4-9H2,1-3H3. The molecule has 0 spiro atoms. The first-order chi connectivity index (χ1) is 7.13. The Morgan fingerprint density at radius 3 is 2.53 bits per heavy atom. The number of aliphatic hydroxyl groups excluding tert-OH is 1. The van der Waals surface area contributed by atoms with Crippen LogP contribution in [0.5, 0.6) is 0 Å². The highest BCUT2D eigenvalue weighted by atomic mass is 16.3. The summed E-state index contributed by atoms with van der Waals surface area (Å²) in [5.41, 5.74) is 0. The van der Waals surface area contributed by atoms with Crippen LogP contribution in [0.2, 0.25) is 0 Å². The fourth-order valence-electron chi connectivity index (χ4n) is 2.09. The second-order valence-corrected chi connectivity index (χ2v) is 5.06. The number of hydrogen-bond donors (Lipinski definition) is 2. The Bertz CT molecular complexity index is 169. The topological polar surface area (TPSA) is 35.5 Å². The number of rotatable bonds is 8. The van der Waals surface area contributed by atoms with Crippen LogP contribution in [0.25, 0.3) is 0 Å². The lowest BCUT2D eigenvalue weighted by molar-refractivity contribution is 0.129. The van der Waals surface area contributed by atoms with Crippen LogP contribution in [0.1, 0.15) is 32.6 Å². The Hall–Kier alpha value is -0.120. The highest BCUT2D eigenvalue weighted by Gasteiger charge is 2.30. The lowest BCUT2D eigenvalue weighted by atomic mass is 10.1. The fraction of sp³-hybridized carbons (Fsp3) is 1.00. The van der Waals surface area contributed by atoms with E-state index in [0.717, 1.165) is 19.0 Å². The van der Waals surface area contributed by atoms with Crippen LogP contribution in [-0.4, -0.2) is 49.3 Å². The molecule has 1 saturated carbocycles. The molecule has 2 atom stereocenters. The summed E-state index contributed by atoms with van der Waals surface area (Å²) < 4.78 is 0. The summed E-state index contributed by atoms with van der Waals surface area (Å²) in [6.07, 6.45) is 5.00. The quantitative estimate of drug-likeness (QED) is 0.634. The minimum absolute atomic E-state index is 0.238. The molecule has 0 aromatic heterocycles. The van der Waals surface area contributed by atoms with Crippen molar-refractivity contribution in [3.63, 3.8) is 0 Å². The van der Waals surface area contributed by atoms with Crippen molar-refractivity contribution in [2.24, 2.45) is 5.92 Å². The number of hydrogen-bond acceptors (Lipinski definition) is 3. The first-order valence-electron chi connectivity index (χ1n) is 6.19. The molecule has 0 amide bonds. The van der Waals surface area contributed by atoms with Crippen LogP contribution in [0.4, 0.5) is 0 Å². The van der Waals surface area contributed by atoms with Gasteiger partial charge in [-0.2, -0.15) is 0 Å². The highest BCUT2D eigenvalue weighted by Crippen LogP contribution is 2.34. The van der Waals surface area contributed by atoms with E-state index >= 15 is 0 Å². The highest BCUT2D eigenvalue weighted by molar-refractivity contribution is 4.86. The Morgan fingerprint density at radius 1 is 1.40 bits per heavy atom. The first kappa shape index (κ1) is 12.9. The Kier molecular flexibility index (Phi) is 5.58. The van der Waals surface area contributed by atoms with Crippen LogP contribution in [0.15, 0.2) is 0 Å². The minimum atomic E-state index is -0.238. The van der Waals surface area contributed by atoms with E-state index in [1.54, 1.807) is 0 Å². The summed E-state index contributed by atoms with van der Waals surface area (Å²) >= 11 is 0. The summed E-state index contributed by atoms with van der Waals surface area (Å²) in [4.78, 5) is 2.03. The summed E-state index contributed by atoms with van der Waals surface area (Å²) in [5.74, 6) is 0.886. The average Bonchev–Trinajstić information content (AvgIpc) is 2.94. The van der Waals surface area contributed by atoms with Gasteiger partial charge < -0.3 is 15.3 Å². The van der Waals surface area contributed by atoms with Crippen LogP contribution < -0.4 is 5.32 Å². The largest absolute Gasteiger partial charge is 0.390 e. The third kappa shape index (κ3) is 5.50. The van der Waals surface area contributed by atoms with Crippen molar-refractivity contribution in [1.29, 1.82) is 0 Å². The molecule has 2 unspecified atom stereocenters. The van der Waals surface area contributed by atoms with Gasteiger partial charge >= 0.3 is 0 Å². The Balaban J connectivity index is 2.14. The van der Waals surface area contributed by atoms with E-state index in [0.29, 0.717) is 6.04 Å². The molecule has 0 aliphatic heterocycles. The lowest BCUT2D eigenvalue weighted by Gasteiger charge is -2.21. The molecule has 90 valence electrons. The van der Waals surface area contributed by atoms with Gasteiger partial charge in [0.1, 0.15) is 0 Å². The van der Waals surface area contributed by atoms with E-state index in [4.69, 9.17) is 0 Å². The van der Waals surface area contributed by atoms with Crippen LogP contribution >= 0.6 is 0 Å². The zero-order valence-corrected chi connectivity index (χ0v) is 10.4. The van der Waals surface area contributed by atoms with E-state index in [-0.39, 0.29) is 6.10 Å². The van der Waals surface area contributed by atoms with Crippen molar-refractivity contribution in [3.05, 3.63) is 0 Å². The maximum atomic E-state index is 9.73. The Labute approximate surface area is 93.9 Å². The van der Waals surface area contributed by atoms with E-state index in [1.807, 2.05) is 19.0 Å².